The van der Waals surface area contributed by atoms with E-state index in [1.807, 2.05) is 0 Å². The maximum absolute atomic E-state index is 12.1. The first kappa shape index (κ1) is 21.8. The highest BCUT2D eigenvalue weighted by Gasteiger charge is 2.20. The van der Waals surface area contributed by atoms with Crippen LogP contribution < -0.4 is 16.0 Å². The van der Waals surface area contributed by atoms with Gasteiger partial charge in [0.25, 0.3) is 5.91 Å². The Morgan fingerprint density at radius 1 is 1.13 bits per heavy atom. The van der Waals surface area contributed by atoms with E-state index >= 15 is 0 Å². The molecule has 3 N–H and O–H groups in total. The number of nitrogens with zero attached hydrogens (tertiary/aromatic N) is 3. The van der Waals surface area contributed by atoms with Crippen LogP contribution in [-0.4, -0.2) is 60.5 Å². The molecule has 2 heterocycles. The first-order valence-corrected chi connectivity index (χ1v) is 10.7. The zero-order valence-electron chi connectivity index (χ0n) is 17.7. The van der Waals surface area contributed by atoms with Gasteiger partial charge in [-0.1, -0.05) is 30.3 Å². The number of carbonyl (C=O) groups is 1. The van der Waals surface area contributed by atoms with Crippen LogP contribution in [0.5, 0.6) is 0 Å². The summed E-state index contributed by atoms with van der Waals surface area (Å²) in [6.45, 7) is 7.04. The molecule has 7 nitrogen and oxygen atoms in total. The number of benzene rings is 1. The lowest BCUT2D eigenvalue weighted by Gasteiger charge is -2.33. The number of hydrogen-bond donors (Lipinski definition) is 3. The summed E-state index contributed by atoms with van der Waals surface area (Å²) in [5.41, 5.74) is 1.93. The fourth-order valence-corrected chi connectivity index (χ4v) is 3.53. The van der Waals surface area contributed by atoms with Crippen LogP contribution in [0.1, 0.15) is 35.7 Å². The van der Waals surface area contributed by atoms with Crippen molar-refractivity contribution in [3.05, 3.63) is 66.0 Å². The van der Waals surface area contributed by atoms with Gasteiger partial charge in [-0.2, -0.15) is 0 Å². The Morgan fingerprint density at radius 3 is 2.63 bits per heavy atom. The quantitative estimate of drug-likeness (QED) is 0.354. The number of hydrogen-bond acceptors (Lipinski definition) is 4. The molecule has 0 atom stereocenters. The van der Waals surface area contributed by atoms with E-state index in [0.29, 0.717) is 24.7 Å². The van der Waals surface area contributed by atoms with E-state index in [0.717, 1.165) is 45.0 Å². The normalized spacial score (nSPS) is 15.6. The van der Waals surface area contributed by atoms with Gasteiger partial charge in [0.05, 0.1) is 12.1 Å². The Bertz CT molecular complexity index is 788. The van der Waals surface area contributed by atoms with Crippen LogP contribution in [0.3, 0.4) is 0 Å². The highest BCUT2D eigenvalue weighted by Crippen LogP contribution is 2.13. The fraction of sp³-hybridized carbons (Fsp3) is 0.435. The van der Waals surface area contributed by atoms with Crippen molar-refractivity contribution in [1.82, 2.24) is 25.8 Å². The largest absolute Gasteiger partial charge is 0.357 e. The highest BCUT2D eigenvalue weighted by molar-refractivity contribution is 5.93. The third-order valence-corrected chi connectivity index (χ3v) is 5.11. The zero-order chi connectivity index (χ0) is 21.0. The molecule has 1 aliphatic rings. The van der Waals surface area contributed by atoms with Crippen molar-refractivity contribution in [2.24, 2.45) is 4.99 Å². The summed E-state index contributed by atoms with van der Waals surface area (Å²) in [6.07, 6.45) is 5.40. The Labute approximate surface area is 179 Å². The highest BCUT2D eigenvalue weighted by atomic mass is 16.1. The van der Waals surface area contributed by atoms with Crippen LogP contribution in [0.15, 0.2) is 59.9 Å². The van der Waals surface area contributed by atoms with Crippen LogP contribution in [0.4, 0.5) is 0 Å². The maximum atomic E-state index is 12.1. The zero-order valence-corrected chi connectivity index (χ0v) is 17.7. The lowest BCUT2D eigenvalue weighted by molar-refractivity contribution is 0.0954. The smallest absolute Gasteiger partial charge is 0.252 e. The van der Waals surface area contributed by atoms with Gasteiger partial charge in [-0.05, 0) is 37.5 Å². The van der Waals surface area contributed by atoms with Gasteiger partial charge in [-0.3, -0.25) is 19.7 Å². The van der Waals surface area contributed by atoms with Gasteiger partial charge in [0, 0.05) is 51.2 Å². The summed E-state index contributed by atoms with van der Waals surface area (Å²) in [5.74, 6) is 0.691. The van der Waals surface area contributed by atoms with Crippen LogP contribution in [0.25, 0.3) is 0 Å². The minimum Gasteiger partial charge on any atom is -0.357 e. The molecule has 0 radical (unpaired) electrons. The van der Waals surface area contributed by atoms with Crippen molar-refractivity contribution in [3.8, 4) is 0 Å². The molecule has 1 saturated heterocycles. The second-order valence-electron chi connectivity index (χ2n) is 7.44. The first-order valence-electron chi connectivity index (χ1n) is 10.7. The number of likely N-dealkylation sites (tertiary alicyclic amines) is 1. The van der Waals surface area contributed by atoms with Gasteiger partial charge in [0.1, 0.15) is 0 Å². The average molecular weight is 409 g/mol. The average Bonchev–Trinajstić information content (AvgIpc) is 2.79. The molecule has 2 aromatic rings. The van der Waals surface area contributed by atoms with Crippen molar-refractivity contribution in [2.75, 3.05) is 32.7 Å². The number of carbonyl (C=O) groups excluding carboxylic acids is 1. The molecule has 0 unspecified atom stereocenters. The van der Waals surface area contributed by atoms with E-state index in [2.05, 4.69) is 68.1 Å². The predicted molar refractivity (Wildman–Crippen MR) is 120 cm³/mol. The molecular weight excluding hydrogens is 376 g/mol. The number of aliphatic imine (C=N–C) groups is 1. The van der Waals surface area contributed by atoms with Gasteiger partial charge in [0.15, 0.2) is 5.96 Å². The lowest BCUT2D eigenvalue weighted by Crippen LogP contribution is -2.48. The Morgan fingerprint density at radius 2 is 1.93 bits per heavy atom. The molecular formula is C23H32N6O. The molecule has 30 heavy (non-hydrogen) atoms. The number of amides is 1. The Kier molecular flexibility index (Phi) is 8.65. The topological polar surface area (TPSA) is 81.6 Å². The van der Waals surface area contributed by atoms with Crippen LogP contribution >= 0.6 is 0 Å². The minimum atomic E-state index is -0.123. The van der Waals surface area contributed by atoms with Crippen molar-refractivity contribution < 1.29 is 4.79 Å². The Hall–Kier alpha value is -2.93. The van der Waals surface area contributed by atoms with Crippen molar-refractivity contribution in [1.29, 1.82) is 0 Å². The van der Waals surface area contributed by atoms with Gasteiger partial charge in [-0.15, -0.1) is 0 Å². The third-order valence-electron chi connectivity index (χ3n) is 5.11. The van der Waals surface area contributed by atoms with Crippen LogP contribution in [0, 0.1) is 0 Å². The summed E-state index contributed by atoms with van der Waals surface area (Å²) >= 11 is 0. The van der Waals surface area contributed by atoms with Gasteiger partial charge in [-0.25, -0.2) is 0 Å². The SMILES string of the molecule is CCNC(=NCCNC(=O)c1cccnc1)NC1CCN(Cc2ccccc2)CC1. The molecule has 1 aliphatic heterocycles. The van der Waals surface area contributed by atoms with Crippen molar-refractivity contribution in [3.63, 3.8) is 0 Å². The minimum absolute atomic E-state index is 0.123. The van der Waals surface area contributed by atoms with E-state index in [4.69, 9.17) is 0 Å². The molecule has 0 spiro atoms. The first-order chi connectivity index (χ1) is 14.7. The molecule has 0 bridgehead atoms. The molecule has 0 saturated carbocycles. The van der Waals surface area contributed by atoms with Crippen LogP contribution in [0.2, 0.25) is 0 Å². The van der Waals surface area contributed by atoms with E-state index in [9.17, 15) is 4.79 Å². The summed E-state index contributed by atoms with van der Waals surface area (Å²) < 4.78 is 0. The third kappa shape index (κ3) is 7.15. The number of nitrogens with one attached hydrogen (secondary N) is 3. The standard InChI is InChI=1S/C23H32N6O/c1-2-25-23(27-14-13-26-22(30)20-9-6-12-24-17-20)28-21-10-15-29(16-11-21)18-19-7-4-3-5-8-19/h3-9,12,17,21H,2,10-11,13-16,18H2,1H3,(H,26,30)(H2,25,27,28). The maximum Gasteiger partial charge on any atom is 0.252 e. The van der Waals surface area contributed by atoms with E-state index in [-0.39, 0.29) is 5.91 Å². The van der Waals surface area contributed by atoms with Gasteiger partial charge < -0.3 is 16.0 Å². The summed E-state index contributed by atoms with van der Waals surface area (Å²) in [6, 6.07) is 14.6. The van der Waals surface area contributed by atoms with Crippen molar-refractivity contribution >= 4 is 11.9 Å². The van der Waals surface area contributed by atoms with Crippen LogP contribution in [-0.2, 0) is 6.54 Å². The molecule has 1 amide bonds. The molecule has 3 rings (SSSR count). The number of piperidine rings is 1. The lowest BCUT2D eigenvalue weighted by atomic mass is 10.0. The summed E-state index contributed by atoms with van der Waals surface area (Å²) in [7, 11) is 0. The summed E-state index contributed by atoms with van der Waals surface area (Å²) in [5, 5.41) is 9.73. The second kappa shape index (κ2) is 11.9. The van der Waals surface area contributed by atoms with Crippen molar-refractivity contribution in [2.45, 2.75) is 32.4 Å². The molecule has 1 aromatic heterocycles. The van der Waals surface area contributed by atoms with E-state index in [1.165, 1.54) is 5.56 Å². The Balaban J connectivity index is 1.40. The molecule has 1 aromatic carbocycles. The molecule has 160 valence electrons. The van der Waals surface area contributed by atoms with E-state index in [1.54, 1.807) is 24.5 Å². The van der Waals surface area contributed by atoms with Gasteiger partial charge >= 0.3 is 0 Å². The second-order valence-corrected chi connectivity index (χ2v) is 7.44. The number of rotatable bonds is 8. The molecule has 1 fully saturated rings. The molecule has 0 aliphatic carbocycles. The van der Waals surface area contributed by atoms with E-state index < -0.39 is 0 Å². The predicted octanol–water partition coefficient (Wildman–Crippen LogP) is 2.03. The molecule has 7 heteroatoms. The number of aromatic nitrogens is 1. The summed E-state index contributed by atoms with van der Waals surface area (Å²) in [4.78, 5) is 23.1. The number of guanidine groups is 1. The van der Waals surface area contributed by atoms with Gasteiger partial charge in [0.2, 0.25) is 0 Å². The number of pyridine rings is 1. The monoisotopic (exact) mass is 408 g/mol. The fourth-order valence-electron chi connectivity index (χ4n) is 3.53.